The number of ketones is 3. The van der Waals surface area contributed by atoms with Crippen LogP contribution in [0.15, 0.2) is 0 Å². The molecule has 73 valence electrons. The molecule has 4 heteroatoms. The predicted octanol–water partition coefficient (Wildman–Crippen LogP) is 1.15. The molecule has 0 spiro atoms. The van der Waals surface area contributed by atoms with Crippen LogP contribution in [-0.2, 0) is 31.2 Å². The Morgan fingerprint density at radius 2 is 1.00 bits per heavy atom. The number of carbonyl (C=O) groups is 3. The summed E-state index contributed by atoms with van der Waals surface area (Å²) in [7, 11) is 0. The molecule has 0 atom stereocenters. The molecule has 0 saturated carbocycles. The molecule has 3 nitrogen and oxygen atoms in total. The van der Waals surface area contributed by atoms with Gasteiger partial charge in [0.05, 0.1) is 6.42 Å². The molecule has 0 aliphatic carbocycles. The maximum absolute atomic E-state index is 10.0. The molecule has 0 saturated heterocycles. The van der Waals surface area contributed by atoms with E-state index in [0.29, 0.717) is 0 Å². The van der Waals surface area contributed by atoms with Crippen molar-refractivity contribution in [1.29, 1.82) is 0 Å². The van der Waals surface area contributed by atoms with Gasteiger partial charge in [0, 0.05) is 16.8 Å². The van der Waals surface area contributed by atoms with Gasteiger partial charge in [0.25, 0.3) is 0 Å². The molecule has 0 aliphatic rings. The van der Waals surface area contributed by atoms with Crippen LogP contribution >= 0.6 is 0 Å². The molecular weight excluding hydrogens is 203 g/mol. The quantitative estimate of drug-likeness (QED) is 0.652. The van der Waals surface area contributed by atoms with Crippen molar-refractivity contribution in [2.45, 2.75) is 34.1 Å². The van der Waals surface area contributed by atoms with Crippen molar-refractivity contribution in [3.05, 3.63) is 0 Å². The van der Waals surface area contributed by atoms with E-state index in [2.05, 4.69) is 0 Å². The molecular formula is C8H14CoO3. The zero-order chi connectivity index (χ0) is 9.44. The molecule has 0 fully saturated rings. The van der Waals surface area contributed by atoms with E-state index in [0.717, 1.165) is 0 Å². The normalized spacial score (nSPS) is 7.00. The van der Waals surface area contributed by atoms with E-state index in [1.54, 1.807) is 0 Å². The van der Waals surface area contributed by atoms with E-state index in [4.69, 9.17) is 0 Å². The zero-order valence-corrected chi connectivity index (χ0v) is 8.81. The molecule has 0 unspecified atom stereocenters. The van der Waals surface area contributed by atoms with E-state index in [1.807, 2.05) is 0 Å². The summed E-state index contributed by atoms with van der Waals surface area (Å²) >= 11 is 0. The fourth-order valence-electron chi connectivity index (χ4n) is 0.351. The Bertz CT molecular complexity index is 148. The smallest absolute Gasteiger partial charge is 0.137 e. The third kappa shape index (κ3) is 55.8. The van der Waals surface area contributed by atoms with Gasteiger partial charge in [-0.05, 0) is 27.7 Å². The number of rotatable bonds is 2. The molecule has 0 heterocycles. The molecule has 0 N–H and O–H groups in total. The summed E-state index contributed by atoms with van der Waals surface area (Å²) in [5, 5.41) is 0. The molecule has 0 aromatic carbocycles. The Labute approximate surface area is 83.1 Å². The summed E-state index contributed by atoms with van der Waals surface area (Å²) in [6.45, 7) is 5.86. The first-order chi connectivity index (χ1) is 4.86. The van der Waals surface area contributed by atoms with Crippen molar-refractivity contribution in [2.75, 3.05) is 0 Å². The summed E-state index contributed by atoms with van der Waals surface area (Å²) in [5.41, 5.74) is 0. The average Bonchev–Trinajstić information content (AvgIpc) is 1.56. The Morgan fingerprint density at radius 3 is 1.00 bits per heavy atom. The van der Waals surface area contributed by atoms with Crippen LogP contribution in [-0.4, -0.2) is 17.3 Å². The van der Waals surface area contributed by atoms with Crippen LogP contribution in [0.2, 0.25) is 0 Å². The van der Waals surface area contributed by atoms with E-state index < -0.39 is 0 Å². The minimum Gasteiger partial charge on any atom is -0.300 e. The molecule has 1 radical (unpaired) electrons. The second-order valence-electron chi connectivity index (χ2n) is 2.49. The van der Waals surface area contributed by atoms with Crippen molar-refractivity contribution in [1.82, 2.24) is 0 Å². The fraction of sp³-hybridized carbons (Fsp3) is 0.625. The maximum Gasteiger partial charge on any atom is 0.137 e. The number of Topliss-reactive ketones (excluding diaryl/α,β-unsaturated/α-hetero) is 3. The predicted molar refractivity (Wildman–Crippen MR) is 42.3 cm³/mol. The number of hydrogen-bond acceptors (Lipinski definition) is 3. The summed E-state index contributed by atoms with van der Waals surface area (Å²) in [4.78, 5) is 29.5. The van der Waals surface area contributed by atoms with E-state index in [9.17, 15) is 14.4 Å². The second-order valence-corrected chi connectivity index (χ2v) is 2.49. The van der Waals surface area contributed by atoms with Crippen LogP contribution < -0.4 is 0 Å². The molecule has 0 aliphatic heterocycles. The molecule has 0 aromatic rings. The van der Waals surface area contributed by atoms with Crippen molar-refractivity contribution in [3.8, 4) is 0 Å². The molecule has 0 rings (SSSR count). The minimum absolute atomic E-state index is 0. The topological polar surface area (TPSA) is 51.2 Å². The van der Waals surface area contributed by atoms with E-state index >= 15 is 0 Å². The third-order valence-corrected chi connectivity index (χ3v) is 0.498. The second kappa shape index (κ2) is 10.5. The van der Waals surface area contributed by atoms with Gasteiger partial charge in [0.15, 0.2) is 0 Å². The number of carbonyl (C=O) groups excluding carboxylic acids is 3. The van der Waals surface area contributed by atoms with Gasteiger partial charge < -0.3 is 4.79 Å². The molecule has 12 heavy (non-hydrogen) atoms. The van der Waals surface area contributed by atoms with Gasteiger partial charge in [-0.15, -0.1) is 0 Å². The van der Waals surface area contributed by atoms with Crippen LogP contribution in [0.3, 0.4) is 0 Å². The van der Waals surface area contributed by atoms with Gasteiger partial charge in [-0.25, -0.2) is 0 Å². The molecule has 0 bridgehead atoms. The van der Waals surface area contributed by atoms with Crippen LogP contribution in [0.25, 0.3) is 0 Å². The van der Waals surface area contributed by atoms with Gasteiger partial charge >= 0.3 is 0 Å². The SMILES string of the molecule is CC(=O)CC(C)=O.CC(C)=O.[Co]. The van der Waals surface area contributed by atoms with Crippen LogP contribution in [0.1, 0.15) is 34.1 Å². The van der Waals surface area contributed by atoms with Crippen molar-refractivity contribution >= 4 is 17.3 Å². The third-order valence-electron chi connectivity index (χ3n) is 0.498. The van der Waals surface area contributed by atoms with Crippen molar-refractivity contribution < 1.29 is 31.2 Å². The van der Waals surface area contributed by atoms with Crippen LogP contribution in [0, 0.1) is 0 Å². The molecule has 0 aromatic heterocycles. The Hall–Kier alpha value is -0.484. The first-order valence-corrected chi connectivity index (χ1v) is 3.32. The zero-order valence-electron chi connectivity index (χ0n) is 7.77. The molecule has 0 amide bonds. The van der Waals surface area contributed by atoms with Crippen molar-refractivity contribution in [3.63, 3.8) is 0 Å². The first kappa shape index (κ1) is 17.6. The van der Waals surface area contributed by atoms with E-state index in [-0.39, 0.29) is 40.5 Å². The minimum atomic E-state index is -0.0625. The Kier molecular flexibility index (Phi) is 15.4. The van der Waals surface area contributed by atoms with Crippen molar-refractivity contribution in [2.24, 2.45) is 0 Å². The largest absolute Gasteiger partial charge is 0.300 e. The maximum atomic E-state index is 10.0. The fourth-order valence-corrected chi connectivity index (χ4v) is 0.351. The van der Waals surface area contributed by atoms with Gasteiger partial charge in [-0.1, -0.05) is 0 Å². The Balaban J connectivity index is -0.000000142. The van der Waals surface area contributed by atoms with Crippen LogP contribution in [0.5, 0.6) is 0 Å². The average molecular weight is 217 g/mol. The van der Waals surface area contributed by atoms with Crippen LogP contribution in [0.4, 0.5) is 0 Å². The van der Waals surface area contributed by atoms with Gasteiger partial charge in [-0.2, -0.15) is 0 Å². The summed E-state index contributed by atoms with van der Waals surface area (Å²) in [6, 6.07) is 0. The van der Waals surface area contributed by atoms with Gasteiger partial charge in [0.1, 0.15) is 17.3 Å². The summed E-state index contributed by atoms with van der Waals surface area (Å²) in [6.07, 6.45) is 0.0833. The first-order valence-electron chi connectivity index (χ1n) is 3.32. The Morgan fingerprint density at radius 1 is 0.833 bits per heavy atom. The standard InChI is InChI=1S/C5H8O2.C3H6O.Co/c1-4(6)3-5(2)7;1-3(2)4;/h3H2,1-2H3;1-2H3;. The summed E-state index contributed by atoms with van der Waals surface area (Å²) < 4.78 is 0. The summed E-state index contributed by atoms with van der Waals surface area (Å²) in [5.74, 6) is 0.0417. The van der Waals surface area contributed by atoms with Gasteiger partial charge in [0.2, 0.25) is 0 Å². The monoisotopic (exact) mass is 217 g/mol. The van der Waals surface area contributed by atoms with Gasteiger partial charge in [-0.3, -0.25) is 9.59 Å². The number of hydrogen-bond donors (Lipinski definition) is 0. The van der Waals surface area contributed by atoms with E-state index in [1.165, 1.54) is 27.7 Å².